The molecule has 1 aromatic rings. The van der Waals surface area contributed by atoms with Crippen LogP contribution in [-0.4, -0.2) is 27.8 Å². The first-order chi connectivity index (χ1) is 8.27. The Morgan fingerprint density at radius 3 is 2.50 bits per heavy atom. The molecule has 0 saturated carbocycles. The van der Waals surface area contributed by atoms with E-state index in [1.807, 2.05) is 0 Å². The number of rotatable bonds is 4. The van der Waals surface area contributed by atoms with Gasteiger partial charge in [-0.15, -0.1) is 0 Å². The SMILES string of the molecule is NCCC(O)C(O)c1cc(C(F)(F)F)cnc1Cl. The number of aromatic nitrogens is 1. The molecule has 0 saturated heterocycles. The molecule has 0 radical (unpaired) electrons. The van der Waals surface area contributed by atoms with E-state index in [2.05, 4.69) is 4.98 Å². The van der Waals surface area contributed by atoms with Gasteiger partial charge in [-0.25, -0.2) is 4.98 Å². The lowest BCUT2D eigenvalue weighted by Crippen LogP contribution is -2.22. The first-order valence-electron chi connectivity index (χ1n) is 5.06. The molecular formula is C10H12ClF3N2O2. The Kier molecular flexibility index (Phi) is 4.92. The van der Waals surface area contributed by atoms with Gasteiger partial charge < -0.3 is 15.9 Å². The van der Waals surface area contributed by atoms with Gasteiger partial charge in [0.25, 0.3) is 0 Å². The van der Waals surface area contributed by atoms with E-state index in [0.29, 0.717) is 12.3 Å². The van der Waals surface area contributed by atoms with Crippen molar-refractivity contribution in [3.63, 3.8) is 0 Å². The summed E-state index contributed by atoms with van der Waals surface area (Å²) in [5, 5.41) is 18.9. The molecule has 1 heterocycles. The van der Waals surface area contributed by atoms with E-state index in [-0.39, 0.29) is 23.7 Å². The van der Waals surface area contributed by atoms with Crippen molar-refractivity contribution in [1.82, 2.24) is 4.98 Å². The topological polar surface area (TPSA) is 79.4 Å². The molecule has 0 aliphatic carbocycles. The van der Waals surface area contributed by atoms with Crippen LogP contribution in [0.3, 0.4) is 0 Å². The normalized spacial score (nSPS) is 15.5. The van der Waals surface area contributed by atoms with Crippen LogP contribution in [0.15, 0.2) is 12.3 Å². The Bertz CT molecular complexity index is 415. The predicted octanol–water partition coefficient (Wildman–Crippen LogP) is 1.50. The van der Waals surface area contributed by atoms with Gasteiger partial charge in [-0.3, -0.25) is 0 Å². The Morgan fingerprint density at radius 2 is 2.00 bits per heavy atom. The quantitative estimate of drug-likeness (QED) is 0.732. The zero-order valence-electron chi connectivity index (χ0n) is 9.15. The molecule has 18 heavy (non-hydrogen) atoms. The number of aliphatic hydroxyl groups is 2. The molecule has 2 atom stereocenters. The molecule has 2 unspecified atom stereocenters. The number of nitrogens with two attached hydrogens (primary N) is 1. The Morgan fingerprint density at radius 1 is 1.39 bits per heavy atom. The second-order valence-corrected chi connectivity index (χ2v) is 4.05. The molecule has 1 rings (SSSR count). The number of aliphatic hydroxyl groups excluding tert-OH is 2. The molecule has 0 bridgehead atoms. The summed E-state index contributed by atoms with van der Waals surface area (Å²) in [6.07, 6.45) is -6.85. The van der Waals surface area contributed by atoms with Crippen LogP contribution < -0.4 is 5.73 Å². The van der Waals surface area contributed by atoms with Gasteiger partial charge in [-0.1, -0.05) is 11.6 Å². The van der Waals surface area contributed by atoms with Crippen molar-refractivity contribution in [3.8, 4) is 0 Å². The van der Waals surface area contributed by atoms with E-state index in [1.54, 1.807) is 0 Å². The Labute approximate surface area is 106 Å². The van der Waals surface area contributed by atoms with E-state index in [1.165, 1.54) is 0 Å². The summed E-state index contributed by atoms with van der Waals surface area (Å²) in [6, 6.07) is 0.666. The van der Waals surface area contributed by atoms with Crippen LogP contribution in [0.4, 0.5) is 13.2 Å². The van der Waals surface area contributed by atoms with Crippen molar-refractivity contribution in [2.45, 2.75) is 24.8 Å². The van der Waals surface area contributed by atoms with Gasteiger partial charge in [0.2, 0.25) is 0 Å². The van der Waals surface area contributed by atoms with Crippen LogP contribution in [0.1, 0.15) is 23.7 Å². The molecule has 8 heteroatoms. The van der Waals surface area contributed by atoms with Gasteiger partial charge in [-0.2, -0.15) is 13.2 Å². The molecule has 0 fully saturated rings. The van der Waals surface area contributed by atoms with Crippen molar-refractivity contribution in [3.05, 3.63) is 28.5 Å². The highest BCUT2D eigenvalue weighted by Gasteiger charge is 2.33. The average molecular weight is 285 g/mol. The molecule has 0 aromatic carbocycles. The number of hydrogen-bond acceptors (Lipinski definition) is 4. The standard InChI is InChI=1S/C10H12ClF3N2O2/c11-9-6(8(18)7(17)1-2-15)3-5(4-16-9)10(12,13)14/h3-4,7-8,17-18H,1-2,15H2. The third-order valence-electron chi connectivity index (χ3n) is 2.34. The number of nitrogens with zero attached hydrogens (tertiary/aromatic N) is 1. The maximum absolute atomic E-state index is 12.5. The summed E-state index contributed by atoms with van der Waals surface area (Å²) >= 11 is 5.60. The molecule has 0 amide bonds. The summed E-state index contributed by atoms with van der Waals surface area (Å²) in [5.41, 5.74) is 3.87. The van der Waals surface area contributed by atoms with E-state index in [9.17, 15) is 23.4 Å². The lowest BCUT2D eigenvalue weighted by Gasteiger charge is -2.19. The monoisotopic (exact) mass is 284 g/mol. The fraction of sp³-hybridized carbons (Fsp3) is 0.500. The van der Waals surface area contributed by atoms with Gasteiger partial charge in [-0.05, 0) is 19.0 Å². The molecule has 102 valence electrons. The summed E-state index contributed by atoms with van der Waals surface area (Å²) < 4.78 is 37.4. The zero-order valence-corrected chi connectivity index (χ0v) is 9.91. The molecule has 4 nitrogen and oxygen atoms in total. The minimum atomic E-state index is -4.59. The summed E-state index contributed by atoms with van der Waals surface area (Å²) in [4.78, 5) is 3.35. The van der Waals surface area contributed by atoms with E-state index < -0.39 is 23.9 Å². The molecular weight excluding hydrogens is 273 g/mol. The van der Waals surface area contributed by atoms with Crippen LogP contribution in [0, 0.1) is 0 Å². The fourth-order valence-corrected chi connectivity index (χ4v) is 1.58. The second kappa shape index (κ2) is 5.83. The van der Waals surface area contributed by atoms with Crippen LogP contribution in [0.5, 0.6) is 0 Å². The second-order valence-electron chi connectivity index (χ2n) is 3.69. The molecule has 0 aliphatic rings. The Hall–Kier alpha value is -0.890. The first-order valence-corrected chi connectivity index (χ1v) is 5.44. The van der Waals surface area contributed by atoms with Crippen molar-refractivity contribution >= 4 is 11.6 Å². The molecule has 0 spiro atoms. The van der Waals surface area contributed by atoms with Crippen LogP contribution in [0.25, 0.3) is 0 Å². The highest BCUT2D eigenvalue weighted by atomic mass is 35.5. The zero-order chi connectivity index (χ0) is 13.9. The van der Waals surface area contributed by atoms with Crippen molar-refractivity contribution < 1.29 is 23.4 Å². The van der Waals surface area contributed by atoms with E-state index in [0.717, 1.165) is 0 Å². The van der Waals surface area contributed by atoms with Gasteiger partial charge in [0.15, 0.2) is 0 Å². The number of pyridine rings is 1. The van der Waals surface area contributed by atoms with Gasteiger partial charge in [0, 0.05) is 11.8 Å². The fourth-order valence-electron chi connectivity index (χ4n) is 1.36. The summed E-state index contributed by atoms with van der Waals surface area (Å²) in [6.45, 7) is 0.0856. The van der Waals surface area contributed by atoms with Crippen LogP contribution in [-0.2, 0) is 6.18 Å². The van der Waals surface area contributed by atoms with E-state index >= 15 is 0 Å². The number of halogens is 4. The first kappa shape index (κ1) is 15.2. The van der Waals surface area contributed by atoms with Crippen molar-refractivity contribution in [2.24, 2.45) is 5.73 Å². The highest BCUT2D eigenvalue weighted by molar-refractivity contribution is 6.30. The maximum Gasteiger partial charge on any atom is 0.417 e. The van der Waals surface area contributed by atoms with Gasteiger partial charge in [0.1, 0.15) is 11.3 Å². The minimum Gasteiger partial charge on any atom is -0.390 e. The van der Waals surface area contributed by atoms with Gasteiger partial charge >= 0.3 is 6.18 Å². The lowest BCUT2D eigenvalue weighted by atomic mass is 10.0. The summed E-state index contributed by atoms with van der Waals surface area (Å²) in [5.74, 6) is 0. The lowest BCUT2D eigenvalue weighted by molar-refractivity contribution is -0.138. The number of hydrogen-bond donors (Lipinski definition) is 3. The average Bonchev–Trinajstić information content (AvgIpc) is 2.27. The van der Waals surface area contributed by atoms with Crippen molar-refractivity contribution in [1.29, 1.82) is 0 Å². The van der Waals surface area contributed by atoms with Crippen LogP contribution >= 0.6 is 11.6 Å². The molecule has 0 aliphatic heterocycles. The highest BCUT2D eigenvalue weighted by Crippen LogP contribution is 2.33. The largest absolute Gasteiger partial charge is 0.417 e. The maximum atomic E-state index is 12.5. The third kappa shape index (κ3) is 3.55. The smallest absolute Gasteiger partial charge is 0.390 e. The van der Waals surface area contributed by atoms with Crippen LogP contribution in [0.2, 0.25) is 5.15 Å². The van der Waals surface area contributed by atoms with Gasteiger partial charge in [0.05, 0.1) is 11.7 Å². The third-order valence-corrected chi connectivity index (χ3v) is 2.65. The predicted molar refractivity (Wildman–Crippen MR) is 58.9 cm³/mol. The number of alkyl halides is 3. The van der Waals surface area contributed by atoms with Crippen molar-refractivity contribution in [2.75, 3.05) is 6.54 Å². The molecule has 1 aromatic heterocycles. The minimum absolute atomic E-state index is 0.0355. The summed E-state index contributed by atoms with van der Waals surface area (Å²) in [7, 11) is 0. The Balaban J connectivity index is 3.08. The van der Waals surface area contributed by atoms with E-state index in [4.69, 9.17) is 17.3 Å². The molecule has 4 N–H and O–H groups in total.